The van der Waals surface area contributed by atoms with Crippen LogP contribution >= 0.6 is 0 Å². The van der Waals surface area contributed by atoms with Gasteiger partial charge >= 0.3 is 6.03 Å². The lowest BCUT2D eigenvalue weighted by molar-refractivity contribution is 0.204. The monoisotopic (exact) mass is 380 g/mol. The number of hydrogen-bond donors (Lipinski definition) is 1. The molecule has 1 aromatic carbocycles. The predicted octanol–water partition coefficient (Wildman–Crippen LogP) is 3.01. The van der Waals surface area contributed by atoms with Gasteiger partial charge in [0.2, 0.25) is 11.7 Å². The highest BCUT2D eigenvalue weighted by Gasteiger charge is 2.28. The molecule has 3 aromatic rings. The summed E-state index contributed by atoms with van der Waals surface area (Å²) in [6.07, 6.45) is 0.896. The van der Waals surface area contributed by atoms with Crippen molar-refractivity contribution in [1.29, 1.82) is 0 Å². The Labute approximate surface area is 163 Å². The molecule has 1 aliphatic heterocycles. The van der Waals surface area contributed by atoms with Gasteiger partial charge in [-0.05, 0) is 38.8 Å². The third-order valence-electron chi connectivity index (χ3n) is 5.09. The average molecular weight is 380 g/mol. The summed E-state index contributed by atoms with van der Waals surface area (Å²) >= 11 is 0. The highest BCUT2D eigenvalue weighted by atomic mass is 16.5. The van der Waals surface area contributed by atoms with Crippen molar-refractivity contribution in [1.82, 2.24) is 30.1 Å². The van der Waals surface area contributed by atoms with Gasteiger partial charge in [0.1, 0.15) is 0 Å². The Balaban J connectivity index is 1.34. The molecule has 0 spiro atoms. The van der Waals surface area contributed by atoms with Crippen LogP contribution in [-0.2, 0) is 6.54 Å². The van der Waals surface area contributed by atoms with Crippen molar-refractivity contribution in [3.63, 3.8) is 0 Å². The van der Waals surface area contributed by atoms with Gasteiger partial charge in [-0.25, -0.2) is 4.79 Å². The first-order valence-electron chi connectivity index (χ1n) is 9.45. The number of aromatic nitrogens is 4. The normalized spacial score (nSPS) is 16.5. The minimum Gasteiger partial charge on any atom is -0.337 e. The molecule has 1 fully saturated rings. The first kappa shape index (κ1) is 18.2. The summed E-state index contributed by atoms with van der Waals surface area (Å²) in [6.45, 7) is 7.58. The van der Waals surface area contributed by atoms with E-state index in [0.29, 0.717) is 24.8 Å². The average Bonchev–Trinajstić information content (AvgIpc) is 3.40. The number of likely N-dealkylation sites (tertiary alicyclic amines) is 1. The smallest absolute Gasteiger partial charge is 0.317 e. The molecule has 2 aromatic heterocycles. The van der Waals surface area contributed by atoms with Gasteiger partial charge in [0, 0.05) is 24.3 Å². The van der Waals surface area contributed by atoms with Crippen LogP contribution in [0.3, 0.4) is 0 Å². The molecular formula is C20H24N6O2. The van der Waals surface area contributed by atoms with Crippen molar-refractivity contribution in [2.24, 2.45) is 0 Å². The van der Waals surface area contributed by atoms with E-state index in [1.165, 1.54) is 0 Å². The Hall–Kier alpha value is -3.16. The van der Waals surface area contributed by atoms with Crippen LogP contribution in [0.15, 0.2) is 34.9 Å². The van der Waals surface area contributed by atoms with E-state index >= 15 is 0 Å². The summed E-state index contributed by atoms with van der Waals surface area (Å²) < 4.78 is 7.31. The maximum Gasteiger partial charge on any atom is 0.317 e. The van der Waals surface area contributed by atoms with Crippen molar-refractivity contribution in [3.8, 4) is 11.4 Å². The highest BCUT2D eigenvalue weighted by molar-refractivity contribution is 5.74. The van der Waals surface area contributed by atoms with Crippen LogP contribution in [0, 0.1) is 20.8 Å². The number of nitrogens with one attached hydrogen (secondary N) is 1. The first-order chi connectivity index (χ1) is 13.5. The fourth-order valence-corrected chi connectivity index (χ4v) is 3.66. The quantitative estimate of drug-likeness (QED) is 0.751. The van der Waals surface area contributed by atoms with Crippen LogP contribution in [0.1, 0.15) is 35.3 Å². The molecular weight excluding hydrogens is 356 g/mol. The molecule has 1 saturated heterocycles. The van der Waals surface area contributed by atoms with Crippen LogP contribution in [-0.4, -0.2) is 43.9 Å². The zero-order valence-electron chi connectivity index (χ0n) is 16.3. The molecule has 8 nitrogen and oxygen atoms in total. The number of aryl methyl sites for hydroxylation is 3. The molecule has 1 atom stereocenters. The molecule has 4 rings (SSSR count). The van der Waals surface area contributed by atoms with Crippen LogP contribution in [0.5, 0.6) is 0 Å². The second kappa shape index (κ2) is 7.46. The van der Waals surface area contributed by atoms with Crippen molar-refractivity contribution in [3.05, 3.63) is 53.2 Å². The van der Waals surface area contributed by atoms with Crippen molar-refractivity contribution in [2.75, 3.05) is 13.1 Å². The number of amides is 2. The Morgan fingerprint density at radius 2 is 2.11 bits per heavy atom. The van der Waals surface area contributed by atoms with Gasteiger partial charge in [0.05, 0.1) is 18.3 Å². The number of nitrogens with zero attached hydrogens (tertiary/aromatic N) is 5. The van der Waals surface area contributed by atoms with Gasteiger partial charge in [-0.3, -0.25) is 4.68 Å². The van der Waals surface area contributed by atoms with Crippen molar-refractivity contribution >= 4 is 6.03 Å². The predicted molar refractivity (Wildman–Crippen MR) is 104 cm³/mol. The van der Waals surface area contributed by atoms with E-state index in [0.717, 1.165) is 28.9 Å². The van der Waals surface area contributed by atoms with E-state index in [9.17, 15) is 4.79 Å². The zero-order chi connectivity index (χ0) is 19.7. The van der Waals surface area contributed by atoms with Gasteiger partial charge in [-0.2, -0.15) is 10.1 Å². The molecule has 8 heteroatoms. The molecule has 3 heterocycles. The zero-order valence-corrected chi connectivity index (χ0v) is 16.3. The highest BCUT2D eigenvalue weighted by Crippen LogP contribution is 2.23. The minimum absolute atomic E-state index is 0.125. The third kappa shape index (κ3) is 3.62. The minimum atomic E-state index is -0.125. The Kier molecular flexibility index (Phi) is 4.85. The van der Waals surface area contributed by atoms with E-state index in [-0.39, 0.29) is 18.6 Å². The summed E-state index contributed by atoms with van der Waals surface area (Å²) in [5, 5.41) is 11.4. The van der Waals surface area contributed by atoms with E-state index in [1.807, 2.05) is 49.7 Å². The standard InChI is InChI=1S/C20H24N6O2/c1-13-6-4-5-7-17(13)19-22-18(28-24-19)11-21-20(27)25-9-8-16(12-25)26-15(3)10-14(2)23-26/h4-7,10,16H,8-9,11-12H2,1-3H3,(H,21,27). The lowest BCUT2D eigenvalue weighted by Gasteiger charge is -2.17. The Morgan fingerprint density at radius 1 is 1.29 bits per heavy atom. The second-order valence-corrected chi connectivity index (χ2v) is 7.25. The summed E-state index contributed by atoms with van der Waals surface area (Å²) in [4.78, 5) is 18.7. The van der Waals surface area contributed by atoms with Crippen LogP contribution in [0.25, 0.3) is 11.4 Å². The van der Waals surface area contributed by atoms with Gasteiger partial charge in [0.25, 0.3) is 0 Å². The largest absolute Gasteiger partial charge is 0.337 e. The molecule has 2 amide bonds. The molecule has 0 aliphatic carbocycles. The van der Waals surface area contributed by atoms with Gasteiger partial charge in [-0.15, -0.1) is 0 Å². The SMILES string of the molecule is Cc1cc(C)n(C2CCN(C(=O)NCc3nc(-c4ccccc4C)no3)C2)n1. The summed E-state index contributed by atoms with van der Waals surface area (Å²) in [7, 11) is 0. The lowest BCUT2D eigenvalue weighted by atomic mass is 10.1. The Bertz CT molecular complexity index is 992. The molecule has 0 radical (unpaired) electrons. The lowest BCUT2D eigenvalue weighted by Crippen LogP contribution is -2.38. The van der Waals surface area contributed by atoms with Gasteiger partial charge in [0.15, 0.2) is 0 Å². The fraction of sp³-hybridized carbons (Fsp3) is 0.400. The van der Waals surface area contributed by atoms with Gasteiger partial charge < -0.3 is 14.7 Å². The number of carbonyl (C=O) groups excluding carboxylic acids is 1. The molecule has 0 bridgehead atoms. The van der Waals surface area contributed by atoms with Crippen molar-refractivity contribution in [2.45, 2.75) is 39.8 Å². The molecule has 0 saturated carbocycles. The Morgan fingerprint density at radius 3 is 2.86 bits per heavy atom. The van der Waals surface area contributed by atoms with Crippen molar-refractivity contribution < 1.29 is 9.32 Å². The van der Waals surface area contributed by atoms with E-state index in [1.54, 1.807) is 4.90 Å². The van der Waals surface area contributed by atoms with Gasteiger partial charge in [-0.1, -0.05) is 29.4 Å². The number of benzene rings is 1. The number of carbonyl (C=O) groups is 1. The molecule has 1 N–H and O–H groups in total. The fourth-order valence-electron chi connectivity index (χ4n) is 3.66. The summed E-state index contributed by atoms with van der Waals surface area (Å²) in [5.74, 6) is 0.925. The first-order valence-corrected chi connectivity index (χ1v) is 9.45. The molecule has 1 aliphatic rings. The molecule has 1 unspecified atom stereocenters. The maximum atomic E-state index is 12.5. The third-order valence-corrected chi connectivity index (χ3v) is 5.09. The van der Waals surface area contributed by atoms with E-state index in [4.69, 9.17) is 4.52 Å². The van der Waals surface area contributed by atoms with E-state index < -0.39 is 0 Å². The summed E-state index contributed by atoms with van der Waals surface area (Å²) in [5.41, 5.74) is 4.13. The number of hydrogen-bond acceptors (Lipinski definition) is 5. The summed E-state index contributed by atoms with van der Waals surface area (Å²) in [6, 6.07) is 10.0. The number of urea groups is 1. The second-order valence-electron chi connectivity index (χ2n) is 7.25. The topological polar surface area (TPSA) is 89.1 Å². The van der Waals surface area contributed by atoms with E-state index in [2.05, 4.69) is 26.6 Å². The molecule has 28 heavy (non-hydrogen) atoms. The molecule has 146 valence electrons. The van der Waals surface area contributed by atoms with Crippen LogP contribution in [0.4, 0.5) is 4.79 Å². The van der Waals surface area contributed by atoms with Crippen LogP contribution in [0.2, 0.25) is 0 Å². The maximum absolute atomic E-state index is 12.5. The van der Waals surface area contributed by atoms with Crippen LogP contribution < -0.4 is 5.32 Å². The number of rotatable bonds is 4.